The lowest BCUT2D eigenvalue weighted by Crippen LogP contribution is -2.41. The van der Waals surface area contributed by atoms with Gasteiger partial charge in [-0.05, 0) is 39.2 Å². The van der Waals surface area contributed by atoms with Gasteiger partial charge in [0.15, 0.2) is 0 Å². The van der Waals surface area contributed by atoms with Crippen molar-refractivity contribution in [3.63, 3.8) is 0 Å². The van der Waals surface area contributed by atoms with Gasteiger partial charge in [-0.25, -0.2) is 4.79 Å². The van der Waals surface area contributed by atoms with Crippen LogP contribution in [0.3, 0.4) is 0 Å². The summed E-state index contributed by atoms with van der Waals surface area (Å²) in [6.45, 7) is 8.48. The molecule has 6 nitrogen and oxygen atoms in total. The molecule has 1 aromatic rings. The molecule has 2 fully saturated rings. The standard InChI is InChI=1S/C17H22BNO5/c1-16(2)17(3,4)24-18(23-16)10-5-6-14-12(7-10)13-8-11(22-14)9-19(13)15(20)21/h5-7,11,13H,8-9H2,1-4H3,(H,20,21)/t11-,13-/m0/s1. The maximum absolute atomic E-state index is 11.5. The Balaban J connectivity index is 1.68. The molecular formula is C17H22BNO5. The second-order valence-electron chi connectivity index (χ2n) is 7.81. The van der Waals surface area contributed by atoms with E-state index in [-0.39, 0.29) is 12.1 Å². The Morgan fingerprint density at radius 2 is 1.92 bits per heavy atom. The quantitative estimate of drug-likeness (QED) is 0.799. The van der Waals surface area contributed by atoms with E-state index in [0.29, 0.717) is 13.0 Å². The summed E-state index contributed by atoms with van der Waals surface area (Å²) in [4.78, 5) is 12.9. The molecule has 2 saturated heterocycles. The van der Waals surface area contributed by atoms with Gasteiger partial charge >= 0.3 is 13.2 Å². The van der Waals surface area contributed by atoms with Gasteiger partial charge in [0.2, 0.25) is 0 Å². The average Bonchev–Trinajstić information content (AvgIpc) is 2.94. The maximum Gasteiger partial charge on any atom is 0.494 e. The average molecular weight is 331 g/mol. The fourth-order valence-corrected chi connectivity index (χ4v) is 3.63. The molecule has 1 N–H and O–H groups in total. The molecule has 4 rings (SSSR count). The first-order chi connectivity index (χ1) is 11.2. The van der Waals surface area contributed by atoms with Gasteiger partial charge in [-0.2, -0.15) is 0 Å². The highest BCUT2D eigenvalue weighted by atomic mass is 16.7. The minimum atomic E-state index is -0.903. The molecule has 3 aliphatic rings. The number of benzene rings is 1. The summed E-state index contributed by atoms with van der Waals surface area (Å²) in [5.74, 6) is 0.764. The molecule has 1 amide bonds. The van der Waals surface area contributed by atoms with Crippen LogP contribution in [0.15, 0.2) is 18.2 Å². The summed E-state index contributed by atoms with van der Waals surface area (Å²) in [6.07, 6.45) is -0.257. The van der Waals surface area contributed by atoms with Crippen molar-refractivity contribution in [3.05, 3.63) is 23.8 Å². The first kappa shape index (κ1) is 15.8. The van der Waals surface area contributed by atoms with Crippen LogP contribution >= 0.6 is 0 Å². The zero-order valence-electron chi connectivity index (χ0n) is 14.4. The number of fused-ring (bicyclic) bond motifs is 4. The number of rotatable bonds is 1. The summed E-state index contributed by atoms with van der Waals surface area (Å²) in [7, 11) is -0.460. The fourth-order valence-electron chi connectivity index (χ4n) is 3.63. The number of hydrogen-bond acceptors (Lipinski definition) is 4. The number of carboxylic acid groups (broad SMARTS) is 1. The molecule has 0 spiro atoms. The van der Waals surface area contributed by atoms with Crippen LogP contribution in [0, 0.1) is 0 Å². The lowest BCUT2D eigenvalue weighted by Gasteiger charge is -2.32. The van der Waals surface area contributed by atoms with Crippen molar-refractivity contribution < 1.29 is 23.9 Å². The molecule has 2 atom stereocenters. The van der Waals surface area contributed by atoms with Crippen LogP contribution in [0.2, 0.25) is 0 Å². The van der Waals surface area contributed by atoms with Gasteiger partial charge in [0, 0.05) is 12.0 Å². The lowest BCUT2D eigenvalue weighted by atomic mass is 9.77. The Hall–Kier alpha value is -1.73. The Kier molecular flexibility index (Phi) is 3.22. The molecule has 0 radical (unpaired) electrons. The van der Waals surface area contributed by atoms with Crippen LogP contribution < -0.4 is 10.2 Å². The zero-order chi connectivity index (χ0) is 17.3. The third kappa shape index (κ3) is 2.22. The van der Waals surface area contributed by atoms with Crippen LogP contribution in [0.5, 0.6) is 5.75 Å². The summed E-state index contributed by atoms with van der Waals surface area (Å²) in [5.41, 5.74) is 0.982. The highest BCUT2D eigenvalue weighted by molar-refractivity contribution is 6.62. The zero-order valence-corrected chi connectivity index (χ0v) is 14.4. The topological polar surface area (TPSA) is 68.2 Å². The number of hydrogen-bond donors (Lipinski definition) is 1. The summed E-state index contributed by atoms with van der Waals surface area (Å²) in [6, 6.07) is 5.66. The predicted octanol–water partition coefficient (Wildman–Crippen LogP) is 2.17. The van der Waals surface area contributed by atoms with E-state index in [9.17, 15) is 9.90 Å². The molecule has 0 saturated carbocycles. The van der Waals surface area contributed by atoms with Crippen molar-refractivity contribution in [2.24, 2.45) is 0 Å². The molecule has 1 aromatic carbocycles. The monoisotopic (exact) mass is 331 g/mol. The highest BCUT2D eigenvalue weighted by Gasteiger charge is 2.52. The number of amides is 1. The van der Waals surface area contributed by atoms with E-state index in [2.05, 4.69) is 0 Å². The van der Waals surface area contributed by atoms with Gasteiger partial charge in [0.25, 0.3) is 0 Å². The predicted molar refractivity (Wildman–Crippen MR) is 88.7 cm³/mol. The van der Waals surface area contributed by atoms with Crippen LogP contribution in [0.25, 0.3) is 0 Å². The van der Waals surface area contributed by atoms with Crippen molar-refractivity contribution >= 4 is 18.7 Å². The van der Waals surface area contributed by atoms with Gasteiger partial charge in [0.05, 0.1) is 23.8 Å². The van der Waals surface area contributed by atoms with Gasteiger partial charge in [-0.15, -0.1) is 0 Å². The fraction of sp³-hybridized carbons (Fsp3) is 0.588. The third-order valence-corrected chi connectivity index (χ3v) is 5.72. The molecule has 24 heavy (non-hydrogen) atoms. The van der Waals surface area contributed by atoms with Gasteiger partial charge < -0.3 is 19.2 Å². The largest absolute Gasteiger partial charge is 0.494 e. The Morgan fingerprint density at radius 1 is 1.25 bits per heavy atom. The van der Waals surface area contributed by atoms with E-state index >= 15 is 0 Å². The second-order valence-corrected chi connectivity index (χ2v) is 7.81. The smallest absolute Gasteiger partial charge is 0.488 e. The number of carbonyl (C=O) groups is 1. The lowest BCUT2D eigenvalue weighted by molar-refractivity contribution is 0.00578. The van der Waals surface area contributed by atoms with Crippen molar-refractivity contribution in [1.29, 1.82) is 0 Å². The Labute approximate surface area is 141 Å². The first-order valence-electron chi connectivity index (χ1n) is 8.34. The van der Waals surface area contributed by atoms with E-state index in [1.54, 1.807) is 0 Å². The van der Waals surface area contributed by atoms with Crippen molar-refractivity contribution in [1.82, 2.24) is 4.90 Å². The van der Waals surface area contributed by atoms with E-state index < -0.39 is 24.4 Å². The maximum atomic E-state index is 11.5. The van der Waals surface area contributed by atoms with Gasteiger partial charge in [-0.3, -0.25) is 4.90 Å². The summed E-state index contributed by atoms with van der Waals surface area (Å²) >= 11 is 0. The Morgan fingerprint density at radius 3 is 2.54 bits per heavy atom. The molecular weight excluding hydrogens is 309 g/mol. The van der Waals surface area contributed by atoms with Crippen molar-refractivity contribution in [3.8, 4) is 5.75 Å². The van der Waals surface area contributed by atoms with Crippen LogP contribution in [-0.4, -0.2) is 47.1 Å². The van der Waals surface area contributed by atoms with E-state index in [1.807, 2.05) is 45.9 Å². The Bertz CT molecular complexity index is 688. The van der Waals surface area contributed by atoms with Gasteiger partial charge in [-0.1, -0.05) is 12.1 Å². The number of ether oxygens (including phenoxy) is 1. The molecule has 0 aliphatic carbocycles. The van der Waals surface area contributed by atoms with Crippen molar-refractivity contribution in [2.75, 3.05) is 6.54 Å². The highest BCUT2D eigenvalue weighted by Crippen LogP contribution is 2.43. The van der Waals surface area contributed by atoms with Gasteiger partial charge in [0.1, 0.15) is 11.9 Å². The van der Waals surface area contributed by atoms with Crippen molar-refractivity contribution in [2.45, 2.75) is 57.5 Å². The number of nitrogens with zero attached hydrogens (tertiary/aromatic N) is 1. The molecule has 128 valence electrons. The van der Waals surface area contributed by atoms with Crippen LogP contribution in [-0.2, 0) is 9.31 Å². The minimum absolute atomic E-state index is 0.0544. The number of likely N-dealkylation sites (tertiary alicyclic amines) is 1. The second kappa shape index (κ2) is 4.89. The third-order valence-electron chi connectivity index (χ3n) is 5.72. The molecule has 0 aromatic heterocycles. The molecule has 7 heteroatoms. The van der Waals surface area contributed by atoms with E-state index in [4.69, 9.17) is 14.0 Å². The van der Waals surface area contributed by atoms with Crippen LogP contribution in [0.1, 0.15) is 45.7 Å². The minimum Gasteiger partial charge on any atom is -0.488 e. The SMILES string of the molecule is CC1(C)OB(c2ccc3c(c2)[C@@H]2C[C@@H](CN2C(=O)O)O3)OC1(C)C. The van der Waals surface area contributed by atoms with E-state index in [0.717, 1.165) is 16.8 Å². The molecule has 0 unspecified atom stereocenters. The summed E-state index contributed by atoms with van der Waals surface area (Å²) < 4.78 is 18.1. The van der Waals surface area contributed by atoms with Crippen LogP contribution in [0.4, 0.5) is 4.79 Å². The molecule has 3 heterocycles. The normalized spacial score (nSPS) is 29.3. The van der Waals surface area contributed by atoms with E-state index in [1.165, 1.54) is 4.90 Å². The molecule has 2 bridgehead atoms. The summed E-state index contributed by atoms with van der Waals surface area (Å²) in [5, 5.41) is 9.42. The first-order valence-corrected chi connectivity index (χ1v) is 8.34. The molecule has 3 aliphatic heterocycles.